The molecule has 0 aromatic carbocycles. The van der Waals surface area contributed by atoms with E-state index in [1.165, 1.54) is 0 Å². The van der Waals surface area contributed by atoms with Crippen molar-refractivity contribution in [1.82, 2.24) is 24.7 Å². The van der Waals surface area contributed by atoms with Gasteiger partial charge < -0.3 is 14.3 Å². The highest BCUT2D eigenvalue weighted by atomic mass is 16.5. The molecule has 3 heterocycles. The molecule has 0 atom stereocenters. The first-order valence-electron chi connectivity index (χ1n) is 9.41. The predicted molar refractivity (Wildman–Crippen MR) is 98.6 cm³/mol. The van der Waals surface area contributed by atoms with E-state index in [1.807, 2.05) is 18.7 Å². The average molecular weight is 359 g/mol. The van der Waals surface area contributed by atoms with Crippen LogP contribution >= 0.6 is 0 Å². The van der Waals surface area contributed by atoms with Crippen molar-refractivity contribution >= 4 is 5.91 Å². The van der Waals surface area contributed by atoms with Gasteiger partial charge in [-0.25, -0.2) is 0 Å². The minimum atomic E-state index is 0.187. The Morgan fingerprint density at radius 3 is 2.85 bits per heavy atom. The number of rotatable bonds is 6. The van der Waals surface area contributed by atoms with Crippen molar-refractivity contribution in [3.05, 3.63) is 34.5 Å². The van der Waals surface area contributed by atoms with E-state index in [1.54, 1.807) is 0 Å². The maximum atomic E-state index is 12.7. The fourth-order valence-corrected chi connectivity index (χ4v) is 3.45. The Balaban J connectivity index is 1.63. The Bertz CT molecular complexity index is 745. The number of carbonyl (C=O) groups is 1. The van der Waals surface area contributed by atoms with Gasteiger partial charge in [-0.15, -0.1) is 0 Å². The number of hydrogen-bond donors (Lipinski definition) is 0. The van der Waals surface area contributed by atoms with Gasteiger partial charge in [0.1, 0.15) is 5.76 Å². The zero-order chi connectivity index (χ0) is 18.7. The summed E-state index contributed by atoms with van der Waals surface area (Å²) in [5, 5.41) is 8.69. The summed E-state index contributed by atoms with van der Waals surface area (Å²) in [5.41, 5.74) is 4.15. The smallest absolute Gasteiger partial charge is 0.223 e. The SMILES string of the molecule is CCN(C)Cc1cc2n(n1)CCCN(C(=O)CCc1c(C)noc1C)C2. The number of fused-ring (bicyclic) bond motifs is 1. The third kappa shape index (κ3) is 4.15. The summed E-state index contributed by atoms with van der Waals surface area (Å²) in [7, 11) is 2.09. The van der Waals surface area contributed by atoms with Gasteiger partial charge in [-0.3, -0.25) is 9.48 Å². The molecular weight excluding hydrogens is 330 g/mol. The molecule has 0 aliphatic carbocycles. The van der Waals surface area contributed by atoms with Crippen molar-refractivity contribution in [1.29, 1.82) is 0 Å². The van der Waals surface area contributed by atoms with Crippen LogP contribution in [0, 0.1) is 13.8 Å². The minimum absolute atomic E-state index is 0.187. The van der Waals surface area contributed by atoms with Crippen molar-refractivity contribution in [2.75, 3.05) is 20.1 Å². The maximum Gasteiger partial charge on any atom is 0.223 e. The maximum absolute atomic E-state index is 12.7. The number of aryl methyl sites for hydroxylation is 3. The standard InChI is InChI=1S/C19H29N5O2/c1-5-22(4)12-16-11-17-13-23(9-6-10-24(17)20-16)19(25)8-7-18-14(2)21-26-15(18)3/h11H,5-10,12-13H2,1-4H3. The van der Waals surface area contributed by atoms with E-state index in [4.69, 9.17) is 9.62 Å². The van der Waals surface area contributed by atoms with Crippen molar-refractivity contribution in [3.63, 3.8) is 0 Å². The van der Waals surface area contributed by atoms with Gasteiger partial charge in [-0.2, -0.15) is 5.10 Å². The molecule has 0 unspecified atom stereocenters. The molecule has 2 aromatic heterocycles. The van der Waals surface area contributed by atoms with Crippen LogP contribution in [0.3, 0.4) is 0 Å². The lowest BCUT2D eigenvalue weighted by Crippen LogP contribution is -2.30. The lowest BCUT2D eigenvalue weighted by atomic mass is 10.1. The quantitative estimate of drug-likeness (QED) is 0.792. The van der Waals surface area contributed by atoms with E-state index in [0.29, 0.717) is 19.4 Å². The van der Waals surface area contributed by atoms with Crippen molar-refractivity contribution in [3.8, 4) is 0 Å². The summed E-state index contributed by atoms with van der Waals surface area (Å²) in [6.45, 7) is 10.1. The molecular formula is C19H29N5O2. The van der Waals surface area contributed by atoms with Gasteiger partial charge in [0.2, 0.25) is 5.91 Å². The number of hydrogen-bond acceptors (Lipinski definition) is 5. The van der Waals surface area contributed by atoms with Crippen molar-refractivity contribution < 1.29 is 9.32 Å². The van der Waals surface area contributed by atoms with Gasteiger partial charge in [0, 0.05) is 31.6 Å². The molecule has 7 nitrogen and oxygen atoms in total. The van der Waals surface area contributed by atoms with Gasteiger partial charge in [-0.05, 0) is 46.3 Å². The van der Waals surface area contributed by atoms with Crippen LogP contribution in [-0.4, -0.2) is 50.8 Å². The van der Waals surface area contributed by atoms with Gasteiger partial charge in [0.25, 0.3) is 0 Å². The summed E-state index contributed by atoms with van der Waals surface area (Å²) in [5.74, 6) is 1.00. The van der Waals surface area contributed by atoms with E-state index < -0.39 is 0 Å². The Kier molecular flexibility index (Phi) is 5.76. The average Bonchev–Trinajstić information content (AvgIpc) is 3.07. The zero-order valence-corrected chi connectivity index (χ0v) is 16.3. The van der Waals surface area contributed by atoms with Crippen LogP contribution in [0.15, 0.2) is 10.6 Å². The second-order valence-corrected chi connectivity index (χ2v) is 7.15. The number of aromatic nitrogens is 3. The van der Waals surface area contributed by atoms with E-state index >= 15 is 0 Å². The lowest BCUT2D eigenvalue weighted by Gasteiger charge is -2.20. The predicted octanol–water partition coefficient (Wildman–Crippen LogP) is 2.30. The highest BCUT2D eigenvalue weighted by Crippen LogP contribution is 2.18. The first-order valence-corrected chi connectivity index (χ1v) is 9.41. The van der Waals surface area contributed by atoms with Crippen LogP contribution in [0.2, 0.25) is 0 Å². The molecule has 2 aromatic rings. The molecule has 3 rings (SSSR count). The van der Waals surface area contributed by atoms with Crippen LogP contribution in [0.5, 0.6) is 0 Å². The fraction of sp³-hybridized carbons (Fsp3) is 0.632. The largest absolute Gasteiger partial charge is 0.361 e. The van der Waals surface area contributed by atoms with Crippen LogP contribution in [0.25, 0.3) is 0 Å². The van der Waals surface area contributed by atoms with Crippen LogP contribution in [0.4, 0.5) is 0 Å². The number of carbonyl (C=O) groups excluding carboxylic acids is 1. The van der Waals surface area contributed by atoms with E-state index in [-0.39, 0.29) is 5.91 Å². The van der Waals surface area contributed by atoms with Crippen LogP contribution in [-0.2, 0) is 30.8 Å². The second-order valence-electron chi connectivity index (χ2n) is 7.15. The van der Waals surface area contributed by atoms with E-state index in [0.717, 1.165) is 61.0 Å². The van der Waals surface area contributed by atoms with E-state index in [9.17, 15) is 4.79 Å². The molecule has 26 heavy (non-hydrogen) atoms. The van der Waals surface area contributed by atoms with Crippen LogP contribution in [0.1, 0.15) is 48.2 Å². The summed E-state index contributed by atoms with van der Waals surface area (Å²) >= 11 is 0. The number of amides is 1. The molecule has 0 saturated carbocycles. The molecule has 1 aliphatic rings. The Morgan fingerprint density at radius 2 is 2.15 bits per heavy atom. The Morgan fingerprint density at radius 1 is 1.35 bits per heavy atom. The lowest BCUT2D eigenvalue weighted by molar-refractivity contribution is -0.131. The molecule has 0 saturated heterocycles. The van der Waals surface area contributed by atoms with Gasteiger partial charge in [-0.1, -0.05) is 12.1 Å². The third-order valence-electron chi connectivity index (χ3n) is 5.16. The fourth-order valence-electron chi connectivity index (χ4n) is 3.45. The highest BCUT2D eigenvalue weighted by molar-refractivity contribution is 5.76. The second kappa shape index (κ2) is 8.03. The Labute approximate surface area is 154 Å². The Hall–Kier alpha value is -2.15. The van der Waals surface area contributed by atoms with Gasteiger partial charge in [0.15, 0.2) is 0 Å². The topological polar surface area (TPSA) is 67.4 Å². The minimum Gasteiger partial charge on any atom is -0.361 e. The zero-order valence-electron chi connectivity index (χ0n) is 16.3. The first-order chi connectivity index (χ1) is 12.5. The summed E-state index contributed by atoms with van der Waals surface area (Å²) in [6, 6.07) is 2.14. The summed E-state index contributed by atoms with van der Waals surface area (Å²) < 4.78 is 7.26. The summed E-state index contributed by atoms with van der Waals surface area (Å²) in [4.78, 5) is 16.9. The molecule has 1 aliphatic heterocycles. The molecule has 0 bridgehead atoms. The highest BCUT2D eigenvalue weighted by Gasteiger charge is 2.21. The molecule has 142 valence electrons. The third-order valence-corrected chi connectivity index (χ3v) is 5.16. The molecule has 0 radical (unpaired) electrons. The summed E-state index contributed by atoms with van der Waals surface area (Å²) in [6.07, 6.45) is 2.11. The monoisotopic (exact) mass is 359 g/mol. The molecule has 0 fully saturated rings. The van der Waals surface area contributed by atoms with Gasteiger partial charge >= 0.3 is 0 Å². The molecule has 0 spiro atoms. The first kappa shape index (κ1) is 18.6. The normalized spacial score (nSPS) is 14.6. The number of nitrogens with zero attached hydrogens (tertiary/aromatic N) is 5. The van der Waals surface area contributed by atoms with Crippen molar-refractivity contribution in [2.24, 2.45) is 0 Å². The van der Waals surface area contributed by atoms with Crippen LogP contribution < -0.4 is 0 Å². The molecule has 7 heteroatoms. The van der Waals surface area contributed by atoms with Gasteiger partial charge in [0.05, 0.1) is 23.6 Å². The molecule has 0 N–H and O–H groups in total. The molecule has 1 amide bonds. The van der Waals surface area contributed by atoms with Crippen molar-refractivity contribution in [2.45, 2.75) is 59.7 Å². The van der Waals surface area contributed by atoms with E-state index in [2.05, 4.69) is 34.8 Å².